The number of hydrogen-bond donors (Lipinski definition) is 3. The van der Waals surface area contributed by atoms with Crippen LogP contribution in [0, 0.1) is 0 Å². The molecule has 0 aliphatic carbocycles. The van der Waals surface area contributed by atoms with Crippen LogP contribution >= 0.6 is 0 Å². The van der Waals surface area contributed by atoms with E-state index in [0.717, 1.165) is 0 Å². The largest absolute Gasteiger partial charge is 0.493 e. The highest BCUT2D eigenvalue weighted by molar-refractivity contribution is 5.99. The van der Waals surface area contributed by atoms with Crippen LogP contribution in [-0.4, -0.2) is 36.7 Å². The quantitative estimate of drug-likeness (QED) is 0.562. The minimum Gasteiger partial charge on any atom is -0.493 e. The van der Waals surface area contributed by atoms with Gasteiger partial charge in [-0.25, -0.2) is 4.79 Å². The number of benzene rings is 2. The van der Waals surface area contributed by atoms with Gasteiger partial charge in [0.2, 0.25) is 11.8 Å². The Morgan fingerprint density at radius 2 is 1.35 bits per heavy atom. The van der Waals surface area contributed by atoms with Crippen molar-refractivity contribution >= 4 is 29.3 Å². The predicted molar refractivity (Wildman–Crippen MR) is 119 cm³/mol. The third-order valence-electron chi connectivity index (χ3n) is 3.84. The predicted octanol–water partition coefficient (Wildman–Crippen LogP) is 3.95. The van der Waals surface area contributed by atoms with E-state index < -0.39 is 11.7 Å². The lowest BCUT2D eigenvalue weighted by Gasteiger charge is -2.19. The number of nitrogens with one attached hydrogen (secondary N) is 3. The van der Waals surface area contributed by atoms with Gasteiger partial charge in [0, 0.05) is 13.0 Å². The summed E-state index contributed by atoms with van der Waals surface area (Å²) in [6.45, 7) is 5.65. The number of para-hydroxylation sites is 3. The van der Waals surface area contributed by atoms with E-state index in [1.165, 1.54) is 0 Å². The molecule has 0 heterocycles. The van der Waals surface area contributed by atoms with Crippen LogP contribution in [0.4, 0.5) is 16.2 Å². The van der Waals surface area contributed by atoms with Gasteiger partial charge in [-0.15, -0.1) is 0 Å². The summed E-state index contributed by atoms with van der Waals surface area (Å²) in [7, 11) is 0. The Kier molecular flexibility index (Phi) is 8.87. The van der Waals surface area contributed by atoms with Gasteiger partial charge in [-0.3, -0.25) is 9.59 Å². The zero-order valence-electron chi connectivity index (χ0n) is 18.1. The van der Waals surface area contributed by atoms with Gasteiger partial charge in [0.15, 0.2) is 0 Å². The maximum absolute atomic E-state index is 12.2. The molecule has 0 saturated carbocycles. The van der Waals surface area contributed by atoms with Crippen LogP contribution in [0.15, 0.2) is 54.6 Å². The van der Waals surface area contributed by atoms with E-state index >= 15 is 0 Å². The van der Waals surface area contributed by atoms with Crippen LogP contribution in [-0.2, 0) is 14.3 Å². The molecule has 3 N–H and O–H groups in total. The molecule has 3 amide bonds. The Morgan fingerprint density at radius 1 is 0.806 bits per heavy atom. The maximum Gasteiger partial charge on any atom is 0.407 e. The van der Waals surface area contributed by atoms with Gasteiger partial charge in [0.25, 0.3) is 0 Å². The van der Waals surface area contributed by atoms with Crippen molar-refractivity contribution in [3.63, 3.8) is 0 Å². The van der Waals surface area contributed by atoms with Crippen molar-refractivity contribution in [3.8, 4) is 5.75 Å². The summed E-state index contributed by atoms with van der Waals surface area (Å²) in [4.78, 5) is 36.1. The first kappa shape index (κ1) is 23.7. The van der Waals surface area contributed by atoms with Gasteiger partial charge in [-0.05, 0) is 45.0 Å². The molecule has 8 nitrogen and oxygen atoms in total. The Morgan fingerprint density at radius 3 is 1.94 bits per heavy atom. The minimum absolute atomic E-state index is 0.0619. The summed E-state index contributed by atoms with van der Waals surface area (Å²) in [5.41, 5.74) is 0.359. The number of rotatable bonds is 9. The second-order valence-corrected chi connectivity index (χ2v) is 7.73. The fourth-order valence-corrected chi connectivity index (χ4v) is 2.50. The summed E-state index contributed by atoms with van der Waals surface area (Å²) in [6.07, 6.45) is -0.352. The fraction of sp³-hybridized carbons (Fsp3) is 0.348. The topological polar surface area (TPSA) is 106 Å². The summed E-state index contributed by atoms with van der Waals surface area (Å²) in [6, 6.07) is 16.1. The minimum atomic E-state index is -0.602. The van der Waals surface area contributed by atoms with Crippen LogP contribution in [0.25, 0.3) is 0 Å². The van der Waals surface area contributed by atoms with Gasteiger partial charge in [-0.2, -0.15) is 0 Å². The van der Waals surface area contributed by atoms with Gasteiger partial charge in [-0.1, -0.05) is 30.3 Å². The zero-order valence-corrected chi connectivity index (χ0v) is 18.1. The lowest BCUT2D eigenvalue weighted by Crippen LogP contribution is -2.34. The first-order chi connectivity index (χ1) is 14.7. The Hall–Kier alpha value is -3.55. The second kappa shape index (κ2) is 11.6. The van der Waals surface area contributed by atoms with E-state index in [1.807, 2.05) is 30.3 Å². The molecular weight excluding hydrogens is 398 g/mol. The molecule has 8 heteroatoms. The summed E-state index contributed by atoms with van der Waals surface area (Å²) >= 11 is 0. The van der Waals surface area contributed by atoms with Gasteiger partial charge >= 0.3 is 6.09 Å². The van der Waals surface area contributed by atoms with Crippen molar-refractivity contribution in [1.29, 1.82) is 0 Å². The highest BCUT2D eigenvalue weighted by Gasteiger charge is 2.16. The van der Waals surface area contributed by atoms with E-state index in [2.05, 4.69) is 16.0 Å². The van der Waals surface area contributed by atoms with E-state index in [-0.39, 0.29) is 37.8 Å². The molecule has 0 fully saturated rings. The van der Waals surface area contributed by atoms with Gasteiger partial charge in [0.05, 0.1) is 24.4 Å². The molecule has 2 aromatic rings. The number of carbonyl (C=O) groups excluding carboxylic acids is 3. The molecule has 2 rings (SSSR count). The number of anilines is 2. The normalized spacial score (nSPS) is 10.7. The van der Waals surface area contributed by atoms with Crippen LogP contribution in [0.5, 0.6) is 5.75 Å². The number of alkyl carbamates (subject to hydrolysis) is 1. The molecule has 2 aromatic carbocycles. The van der Waals surface area contributed by atoms with E-state index in [1.54, 1.807) is 45.0 Å². The van der Waals surface area contributed by atoms with Crippen LogP contribution in [0.2, 0.25) is 0 Å². The molecule has 0 aliphatic heterocycles. The summed E-state index contributed by atoms with van der Waals surface area (Å²) < 4.78 is 10.6. The Balaban J connectivity index is 1.78. The smallest absolute Gasteiger partial charge is 0.407 e. The zero-order chi connectivity index (χ0) is 22.7. The molecule has 166 valence electrons. The summed E-state index contributed by atoms with van der Waals surface area (Å²) in [5, 5.41) is 8.06. The van der Waals surface area contributed by atoms with Crippen molar-refractivity contribution in [3.05, 3.63) is 54.6 Å². The molecule has 0 bridgehead atoms. The first-order valence-corrected chi connectivity index (χ1v) is 10.1. The number of amides is 3. The van der Waals surface area contributed by atoms with E-state index in [4.69, 9.17) is 9.47 Å². The first-order valence-electron chi connectivity index (χ1n) is 10.1. The highest BCUT2D eigenvalue weighted by Crippen LogP contribution is 2.21. The Labute approximate surface area is 182 Å². The SMILES string of the molecule is CC(C)(C)OC(=O)NCCC(=O)Nc1ccccc1NC(=O)CCOc1ccccc1. The van der Waals surface area contributed by atoms with Crippen molar-refractivity contribution in [1.82, 2.24) is 5.32 Å². The van der Waals surface area contributed by atoms with Crippen molar-refractivity contribution < 1.29 is 23.9 Å². The Bertz CT molecular complexity index is 878. The molecule has 0 saturated heterocycles. The highest BCUT2D eigenvalue weighted by atomic mass is 16.6. The average Bonchev–Trinajstić information content (AvgIpc) is 2.69. The fourth-order valence-electron chi connectivity index (χ4n) is 2.50. The van der Waals surface area contributed by atoms with Crippen molar-refractivity contribution in [2.75, 3.05) is 23.8 Å². The van der Waals surface area contributed by atoms with E-state index in [0.29, 0.717) is 17.1 Å². The van der Waals surface area contributed by atoms with Crippen LogP contribution < -0.4 is 20.7 Å². The molecule has 0 radical (unpaired) electrons. The molecule has 0 spiro atoms. The van der Waals surface area contributed by atoms with Crippen molar-refractivity contribution in [2.45, 2.75) is 39.2 Å². The molecule has 31 heavy (non-hydrogen) atoms. The second-order valence-electron chi connectivity index (χ2n) is 7.73. The monoisotopic (exact) mass is 427 g/mol. The van der Waals surface area contributed by atoms with Gasteiger partial charge in [0.1, 0.15) is 11.4 Å². The van der Waals surface area contributed by atoms with E-state index in [9.17, 15) is 14.4 Å². The standard InChI is InChI=1S/C23H29N3O5/c1-23(2,3)31-22(29)24-15-13-20(27)25-18-11-7-8-12-19(18)26-21(28)14-16-30-17-9-5-4-6-10-17/h4-12H,13-16H2,1-3H3,(H,24,29)(H,25,27)(H,26,28). The number of hydrogen-bond acceptors (Lipinski definition) is 5. The maximum atomic E-state index is 12.2. The third-order valence-corrected chi connectivity index (χ3v) is 3.84. The van der Waals surface area contributed by atoms with Gasteiger partial charge < -0.3 is 25.4 Å². The average molecular weight is 428 g/mol. The van der Waals surface area contributed by atoms with Crippen molar-refractivity contribution in [2.24, 2.45) is 0 Å². The molecule has 0 aromatic heterocycles. The lowest BCUT2D eigenvalue weighted by molar-refractivity contribution is -0.117. The third kappa shape index (κ3) is 9.66. The number of carbonyl (C=O) groups is 3. The van der Waals surface area contributed by atoms with Crippen LogP contribution in [0.1, 0.15) is 33.6 Å². The molecule has 0 unspecified atom stereocenters. The van der Waals surface area contributed by atoms with Crippen LogP contribution in [0.3, 0.4) is 0 Å². The molecule has 0 atom stereocenters. The molecular formula is C23H29N3O5. The summed E-state index contributed by atoms with van der Waals surface area (Å²) in [5.74, 6) is 0.164. The molecule has 0 aliphatic rings. The lowest BCUT2D eigenvalue weighted by atomic mass is 10.2. The number of ether oxygens (including phenoxy) is 2.